The molecule has 0 saturated heterocycles. The molecular formula is C17H19ClFNO. The standard InChI is InChI=1S/C17H19ClFNO/c1-3-20-12(2)14-5-7-15(8-6-14)21-11-13-4-9-16(18)17(19)10-13/h4-10,12,20H,3,11H2,1-2H3. The number of ether oxygens (including phenoxy) is 1. The summed E-state index contributed by atoms with van der Waals surface area (Å²) in [7, 11) is 0. The van der Waals surface area contributed by atoms with Gasteiger partial charge in [0, 0.05) is 6.04 Å². The van der Waals surface area contributed by atoms with Gasteiger partial charge in [-0.1, -0.05) is 36.7 Å². The predicted molar refractivity (Wildman–Crippen MR) is 84.3 cm³/mol. The van der Waals surface area contributed by atoms with E-state index < -0.39 is 5.82 Å². The Morgan fingerprint density at radius 1 is 1.19 bits per heavy atom. The molecule has 0 heterocycles. The van der Waals surface area contributed by atoms with Gasteiger partial charge in [-0.3, -0.25) is 0 Å². The van der Waals surface area contributed by atoms with Gasteiger partial charge in [-0.2, -0.15) is 0 Å². The third-order valence-electron chi connectivity index (χ3n) is 3.28. The Hall–Kier alpha value is -1.58. The van der Waals surface area contributed by atoms with Crippen LogP contribution in [0.1, 0.15) is 31.0 Å². The maximum absolute atomic E-state index is 13.3. The highest BCUT2D eigenvalue weighted by atomic mass is 35.5. The van der Waals surface area contributed by atoms with Crippen LogP contribution in [0, 0.1) is 5.82 Å². The van der Waals surface area contributed by atoms with Crippen molar-refractivity contribution in [1.29, 1.82) is 0 Å². The molecule has 1 atom stereocenters. The topological polar surface area (TPSA) is 21.3 Å². The normalized spacial score (nSPS) is 12.2. The molecule has 0 aliphatic rings. The molecule has 2 rings (SSSR count). The van der Waals surface area contributed by atoms with Gasteiger partial charge in [0.05, 0.1) is 5.02 Å². The third kappa shape index (κ3) is 4.45. The van der Waals surface area contributed by atoms with Crippen molar-refractivity contribution in [3.8, 4) is 5.75 Å². The molecule has 0 aromatic heterocycles. The Morgan fingerprint density at radius 3 is 2.52 bits per heavy atom. The zero-order valence-corrected chi connectivity index (χ0v) is 13.0. The number of hydrogen-bond acceptors (Lipinski definition) is 2. The van der Waals surface area contributed by atoms with E-state index in [1.165, 1.54) is 17.7 Å². The Labute approximate surface area is 129 Å². The molecular weight excluding hydrogens is 289 g/mol. The Morgan fingerprint density at radius 2 is 1.90 bits per heavy atom. The highest BCUT2D eigenvalue weighted by Crippen LogP contribution is 2.20. The molecule has 0 fully saturated rings. The van der Waals surface area contributed by atoms with Crippen molar-refractivity contribution < 1.29 is 9.13 Å². The van der Waals surface area contributed by atoms with Crippen molar-refractivity contribution in [2.24, 2.45) is 0 Å². The fourth-order valence-electron chi connectivity index (χ4n) is 2.07. The minimum absolute atomic E-state index is 0.125. The van der Waals surface area contributed by atoms with Crippen molar-refractivity contribution in [3.63, 3.8) is 0 Å². The molecule has 0 aliphatic heterocycles. The maximum atomic E-state index is 13.3. The van der Waals surface area contributed by atoms with Crippen molar-refractivity contribution in [1.82, 2.24) is 5.32 Å². The summed E-state index contributed by atoms with van der Waals surface area (Å²) in [6.07, 6.45) is 0. The molecule has 21 heavy (non-hydrogen) atoms. The molecule has 1 N–H and O–H groups in total. The molecule has 0 radical (unpaired) electrons. The predicted octanol–water partition coefficient (Wildman–Crippen LogP) is 4.73. The van der Waals surface area contributed by atoms with E-state index in [2.05, 4.69) is 19.2 Å². The second-order valence-corrected chi connectivity index (χ2v) is 5.29. The Kier molecular flexibility index (Phi) is 5.59. The van der Waals surface area contributed by atoms with E-state index in [-0.39, 0.29) is 5.02 Å². The van der Waals surface area contributed by atoms with Gasteiger partial charge < -0.3 is 10.1 Å². The molecule has 0 saturated carbocycles. The number of rotatable bonds is 6. The van der Waals surface area contributed by atoms with Crippen molar-refractivity contribution in [2.45, 2.75) is 26.5 Å². The van der Waals surface area contributed by atoms with Gasteiger partial charge in [-0.05, 0) is 48.9 Å². The van der Waals surface area contributed by atoms with Crippen LogP contribution in [0.3, 0.4) is 0 Å². The molecule has 112 valence electrons. The molecule has 0 aliphatic carbocycles. The summed E-state index contributed by atoms with van der Waals surface area (Å²) < 4.78 is 19.0. The third-order valence-corrected chi connectivity index (χ3v) is 3.59. The zero-order chi connectivity index (χ0) is 15.2. The number of benzene rings is 2. The summed E-state index contributed by atoms with van der Waals surface area (Å²) in [6, 6.07) is 12.9. The second-order valence-electron chi connectivity index (χ2n) is 4.89. The molecule has 0 bridgehead atoms. The fourth-order valence-corrected chi connectivity index (χ4v) is 2.19. The SMILES string of the molecule is CCNC(C)c1ccc(OCc2ccc(Cl)c(F)c2)cc1. The quantitative estimate of drug-likeness (QED) is 0.833. The van der Waals surface area contributed by atoms with E-state index in [1.807, 2.05) is 24.3 Å². The molecule has 1 unspecified atom stereocenters. The van der Waals surface area contributed by atoms with Crippen molar-refractivity contribution >= 4 is 11.6 Å². The Balaban J connectivity index is 1.95. The molecule has 2 aromatic carbocycles. The van der Waals surface area contributed by atoms with Crippen LogP contribution in [-0.2, 0) is 6.61 Å². The van der Waals surface area contributed by atoms with E-state index in [4.69, 9.17) is 16.3 Å². The lowest BCUT2D eigenvalue weighted by molar-refractivity contribution is 0.305. The van der Waals surface area contributed by atoms with Crippen LogP contribution in [0.25, 0.3) is 0 Å². The van der Waals surface area contributed by atoms with E-state index in [9.17, 15) is 4.39 Å². The first-order valence-corrected chi connectivity index (χ1v) is 7.38. The smallest absolute Gasteiger partial charge is 0.142 e. The van der Waals surface area contributed by atoms with E-state index in [0.29, 0.717) is 12.6 Å². The van der Waals surface area contributed by atoms with Gasteiger partial charge in [0.25, 0.3) is 0 Å². The first-order chi connectivity index (χ1) is 10.1. The van der Waals surface area contributed by atoms with Gasteiger partial charge in [-0.15, -0.1) is 0 Å². The van der Waals surface area contributed by atoms with Crippen LogP contribution in [0.15, 0.2) is 42.5 Å². The lowest BCUT2D eigenvalue weighted by Crippen LogP contribution is -2.17. The molecule has 2 nitrogen and oxygen atoms in total. The van der Waals surface area contributed by atoms with Crippen molar-refractivity contribution in [2.75, 3.05) is 6.54 Å². The lowest BCUT2D eigenvalue weighted by Gasteiger charge is -2.13. The summed E-state index contributed by atoms with van der Waals surface area (Å²) >= 11 is 5.65. The van der Waals surface area contributed by atoms with Crippen LogP contribution >= 0.6 is 11.6 Å². The average Bonchev–Trinajstić information content (AvgIpc) is 2.49. The summed E-state index contributed by atoms with van der Waals surface area (Å²) in [5.41, 5.74) is 1.96. The zero-order valence-electron chi connectivity index (χ0n) is 12.2. The monoisotopic (exact) mass is 307 g/mol. The Bertz CT molecular complexity index is 586. The van der Waals surface area contributed by atoms with Gasteiger partial charge in [0.15, 0.2) is 0 Å². The maximum Gasteiger partial charge on any atom is 0.142 e. The van der Waals surface area contributed by atoms with Gasteiger partial charge in [0.1, 0.15) is 18.2 Å². The van der Waals surface area contributed by atoms with Gasteiger partial charge >= 0.3 is 0 Å². The average molecular weight is 308 g/mol. The first-order valence-electron chi connectivity index (χ1n) is 7.00. The van der Waals surface area contributed by atoms with Crippen LogP contribution in [0.4, 0.5) is 4.39 Å². The van der Waals surface area contributed by atoms with Crippen LogP contribution in [0.2, 0.25) is 5.02 Å². The summed E-state index contributed by atoms with van der Waals surface area (Å²) in [4.78, 5) is 0. The van der Waals surface area contributed by atoms with Crippen LogP contribution < -0.4 is 10.1 Å². The minimum Gasteiger partial charge on any atom is -0.489 e. The summed E-state index contributed by atoms with van der Waals surface area (Å²) in [6.45, 7) is 5.45. The second kappa shape index (κ2) is 7.43. The van der Waals surface area contributed by atoms with Gasteiger partial charge in [0.2, 0.25) is 0 Å². The largest absolute Gasteiger partial charge is 0.489 e. The summed E-state index contributed by atoms with van der Waals surface area (Å²) in [5, 5.41) is 3.48. The van der Waals surface area contributed by atoms with E-state index in [0.717, 1.165) is 17.9 Å². The first kappa shape index (κ1) is 15.8. The van der Waals surface area contributed by atoms with Crippen LogP contribution in [0.5, 0.6) is 5.75 Å². The molecule has 4 heteroatoms. The molecule has 2 aromatic rings. The fraction of sp³-hybridized carbons (Fsp3) is 0.294. The number of hydrogen-bond donors (Lipinski definition) is 1. The van der Waals surface area contributed by atoms with E-state index in [1.54, 1.807) is 6.07 Å². The molecule has 0 spiro atoms. The minimum atomic E-state index is -0.424. The number of nitrogens with one attached hydrogen (secondary N) is 1. The molecule has 0 amide bonds. The number of halogens is 2. The van der Waals surface area contributed by atoms with E-state index >= 15 is 0 Å². The summed E-state index contributed by atoms with van der Waals surface area (Å²) in [5.74, 6) is 0.338. The lowest BCUT2D eigenvalue weighted by atomic mass is 10.1. The highest BCUT2D eigenvalue weighted by Gasteiger charge is 2.05. The van der Waals surface area contributed by atoms with Crippen molar-refractivity contribution in [3.05, 3.63) is 64.4 Å². The van der Waals surface area contributed by atoms with Gasteiger partial charge in [-0.25, -0.2) is 4.39 Å². The van der Waals surface area contributed by atoms with Crippen LogP contribution in [-0.4, -0.2) is 6.54 Å². The highest BCUT2D eigenvalue weighted by molar-refractivity contribution is 6.30.